The van der Waals surface area contributed by atoms with Gasteiger partial charge < -0.3 is 10.6 Å². The fourth-order valence-electron chi connectivity index (χ4n) is 4.43. The highest BCUT2D eigenvalue weighted by Gasteiger charge is 2.63. The average Bonchev–Trinajstić information content (AvgIpc) is 2.72. The van der Waals surface area contributed by atoms with Crippen LogP contribution in [-0.4, -0.2) is 25.7 Å². The zero-order chi connectivity index (χ0) is 9.10. The maximum absolute atomic E-state index is 3.63. The van der Waals surface area contributed by atoms with E-state index in [0.717, 1.165) is 11.8 Å². The summed E-state index contributed by atoms with van der Waals surface area (Å²) in [7, 11) is 2.16. The van der Waals surface area contributed by atoms with E-state index in [1.165, 1.54) is 32.4 Å². The summed E-state index contributed by atoms with van der Waals surface area (Å²) in [6.45, 7) is 5.02. The molecule has 13 heavy (non-hydrogen) atoms. The number of fused-ring (bicyclic) bond motifs is 5. The molecule has 2 bridgehead atoms. The Kier molecular flexibility index (Phi) is 1.45. The lowest BCUT2D eigenvalue weighted by atomic mass is 9.72. The summed E-state index contributed by atoms with van der Waals surface area (Å²) in [6.07, 6.45) is 4.27. The maximum atomic E-state index is 3.63. The molecule has 3 fully saturated rings. The van der Waals surface area contributed by atoms with Crippen LogP contribution in [0.25, 0.3) is 0 Å². The first-order valence-corrected chi connectivity index (χ1v) is 5.60. The van der Waals surface area contributed by atoms with E-state index in [4.69, 9.17) is 0 Å². The Morgan fingerprint density at radius 3 is 2.77 bits per heavy atom. The zero-order valence-electron chi connectivity index (χ0n) is 8.69. The molecule has 4 atom stereocenters. The number of hydrogen-bond acceptors (Lipinski definition) is 2. The molecule has 1 aliphatic heterocycles. The molecule has 1 heterocycles. The Morgan fingerprint density at radius 2 is 2.00 bits per heavy atom. The van der Waals surface area contributed by atoms with E-state index < -0.39 is 0 Å². The molecule has 2 aliphatic carbocycles. The van der Waals surface area contributed by atoms with E-state index in [1.807, 2.05) is 0 Å². The molecule has 3 rings (SSSR count). The van der Waals surface area contributed by atoms with E-state index >= 15 is 0 Å². The molecule has 0 radical (unpaired) electrons. The van der Waals surface area contributed by atoms with Crippen LogP contribution in [0.15, 0.2) is 0 Å². The number of rotatable bonds is 1. The Labute approximate surface area is 80.5 Å². The van der Waals surface area contributed by atoms with Gasteiger partial charge in [0.25, 0.3) is 0 Å². The molecule has 74 valence electrons. The van der Waals surface area contributed by atoms with Crippen LogP contribution in [0, 0.1) is 17.3 Å². The highest BCUT2D eigenvalue weighted by molar-refractivity contribution is 5.18. The largest absolute Gasteiger partial charge is 0.316 e. The topological polar surface area (TPSA) is 24.1 Å². The fraction of sp³-hybridized carbons (Fsp3) is 1.00. The van der Waals surface area contributed by atoms with Crippen LogP contribution >= 0.6 is 0 Å². The van der Waals surface area contributed by atoms with Crippen molar-refractivity contribution in [3.05, 3.63) is 0 Å². The van der Waals surface area contributed by atoms with Crippen LogP contribution in [0.2, 0.25) is 0 Å². The molecule has 0 aromatic heterocycles. The third-order valence-electron chi connectivity index (χ3n) is 5.18. The van der Waals surface area contributed by atoms with Gasteiger partial charge in [-0.2, -0.15) is 0 Å². The van der Waals surface area contributed by atoms with Crippen molar-refractivity contribution in [2.45, 2.75) is 31.7 Å². The van der Waals surface area contributed by atoms with Crippen molar-refractivity contribution < 1.29 is 0 Å². The van der Waals surface area contributed by atoms with Gasteiger partial charge in [0, 0.05) is 12.1 Å². The number of nitrogens with one attached hydrogen (secondary N) is 2. The monoisotopic (exact) mass is 180 g/mol. The summed E-state index contributed by atoms with van der Waals surface area (Å²) in [5.41, 5.74) is 1.15. The van der Waals surface area contributed by atoms with Crippen LogP contribution in [0.1, 0.15) is 26.2 Å². The third-order valence-corrected chi connectivity index (χ3v) is 5.18. The Hall–Kier alpha value is -0.0800. The van der Waals surface area contributed by atoms with Crippen molar-refractivity contribution in [2.24, 2.45) is 17.3 Å². The smallest absolute Gasteiger partial charge is 0.0227 e. The lowest BCUT2D eigenvalue weighted by molar-refractivity contribution is 0.168. The van der Waals surface area contributed by atoms with Gasteiger partial charge in [0.1, 0.15) is 0 Å². The first kappa shape index (κ1) is 8.25. The normalized spacial score (nSPS) is 58.6. The van der Waals surface area contributed by atoms with Crippen molar-refractivity contribution in [1.82, 2.24) is 10.6 Å². The molecule has 0 aromatic carbocycles. The van der Waals surface area contributed by atoms with Crippen molar-refractivity contribution in [3.8, 4) is 0 Å². The minimum atomic E-state index is 0.503. The predicted molar refractivity (Wildman–Crippen MR) is 53.6 cm³/mol. The first-order valence-electron chi connectivity index (χ1n) is 5.60. The van der Waals surface area contributed by atoms with E-state index in [2.05, 4.69) is 24.6 Å². The summed E-state index contributed by atoms with van der Waals surface area (Å²) in [5, 5.41) is 7.19. The Balaban J connectivity index is 2.00. The van der Waals surface area contributed by atoms with E-state index in [9.17, 15) is 0 Å². The Bertz CT molecular complexity index is 240. The van der Waals surface area contributed by atoms with Gasteiger partial charge >= 0.3 is 0 Å². The molecule has 2 heteroatoms. The highest BCUT2D eigenvalue weighted by atomic mass is 15.1. The average molecular weight is 180 g/mol. The van der Waals surface area contributed by atoms with Gasteiger partial charge in [0.15, 0.2) is 0 Å². The first-order chi connectivity index (χ1) is 6.20. The molecule has 2 saturated carbocycles. The molecule has 2 N–H and O–H groups in total. The second-order valence-electron chi connectivity index (χ2n) is 5.61. The fourth-order valence-corrected chi connectivity index (χ4v) is 4.43. The second kappa shape index (κ2) is 2.29. The molecule has 0 aromatic rings. The molecular weight excluding hydrogens is 160 g/mol. The van der Waals surface area contributed by atoms with Crippen LogP contribution in [0.3, 0.4) is 0 Å². The van der Waals surface area contributed by atoms with Crippen molar-refractivity contribution in [3.63, 3.8) is 0 Å². The van der Waals surface area contributed by atoms with Crippen LogP contribution in [-0.2, 0) is 0 Å². The summed E-state index contributed by atoms with van der Waals surface area (Å²) < 4.78 is 0. The molecular formula is C11H20N2. The van der Waals surface area contributed by atoms with Crippen LogP contribution < -0.4 is 10.6 Å². The van der Waals surface area contributed by atoms with E-state index in [1.54, 1.807) is 0 Å². The quantitative estimate of drug-likeness (QED) is 0.628. The molecule has 2 nitrogen and oxygen atoms in total. The van der Waals surface area contributed by atoms with Gasteiger partial charge in [-0.3, -0.25) is 0 Å². The van der Waals surface area contributed by atoms with Gasteiger partial charge in [-0.25, -0.2) is 0 Å². The van der Waals surface area contributed by atoms with Crippen molar-refractivity contribution >= 4 is 0 Å². The van der Waals surface area contributed by atoms with Crippen molar-refractivity contribution in [1.29, 1.82) is 0 Å². The lowest BCUT2D eigenvalue weighted by Gasteiger charge is -2.36. The van der Waals surface area contributed by atoms with Crippen LogP contribution in [0.5, 0.6) is 0 Å². The SMILES string of the molecule is CNC12CCC(C)(C1)C1CNCC12. The lowest BCUT2D eigenvalue weighted by Crippen LogP contribution is -2.47. The third kappa shape index (κ3) is 0.816. The summed E-state index contributed by atoms with van der Waals surface area (Å²) in [5.74, 6) is 1.87. The number of hydrogen-bond donors (Lipinski definition) is 2. The maximum Gasteiger partial charge on any atom is 0.0227 e. The van der Waals surface area contributed by atoms with Gasteiger partial charge in [0.05, 0.1) is 0 Å². The minimum absolute atomic E-state index is 0.503. The van der Waals surface area contributed by atoms with Crippen LogP contribution in [0.4, 0.5) is 0 Å². The van der Waals surface area contributed by atoms with Gasteiger partial charge in [-0.15, -0.1) is 0 Å². The summed E-state index contributed by atoms with van der Waals surface area (Å²) in [6, 6.07) is 0. The second-order valence-corrected chi connectivity index (χ2v) is 5.61. The molecule has 0 spiro atoms. The summed E-state index contributed by atoms with van der Waals surface area (Å²) in [4.78, 5) is 0. The zero-order valence-corrected chi connectivity index (χ0v) is 8.69. The van der Waals surface area contributed by atoms with Gasteiger partial charge in [-0.1, -0.05) is 6.92 Å². The Morgan fingerprint density at radius 1 is 1.23 bits per heavy atom. The molecule has 4 unspecified atom stereocenters. The van der Waals surface area contributed by atoms with Gasteiger partial charge in [-0.05, 0) is 50.1 Å². The predicted octanol–water partition coefficient (Wildman–Crippen LogP) is 0.984. The molecule has 0 amide bonds. The summed E-state index contributed by atoms with van der Waals surface area (Å²) >= 11 is 0. The van der Waals surface area contributed by atoms with E-state index in [0.29, 0.717) is 11.0 Å². The standard InChI is InChI=1S/C11H20N2/c1-10-3-4-11(7-10,12-2)9-6-13-5-8(9)10/h8-9,12-13H,3-7H2,1-2H3. The minimum Gasteiger partial charge on any atom is -0.316 e. The molecule has 3 aliphatic rings. The van der Waals surface area contributed by atoms with Crippen molar-refractivity contribution in [2.75, 3.05) is 20.1 Å². The molecule has 1 saturated heterocycles. The highest BCUT2D eigenvalue weighted by Crippen LogP contribution is 2.63. The van der Waals surface area contributed by atoms with Gasteiger partial charge in [0.2, 0.25) is 0 Å². The van der Waals surface area contributed by atoms with E-state index in [-0.39, 0.29) is 0 Å².